The third-order valence-corrected chi connectivity index (χ3v) is 3.96. The molecule has 0 bridgehead atoms. The average Bonchev–Trinajstić information content (AvgIpc) is 2.58. The first-order valence-corrected chi connectivity index (χ1v) is 6.75. The van der Waals surface area contributed by atoms with Crippen molar-refractivity contribution in [3.63, 3.8) is 0 Å². The molecule has 0 unspecified atom stereocenters. The minimum Gasteiger partial charge on any atom is -0.339 e. The van der Waals surface area contributed by atoms with Crippen LogP contribution in [-0.2, 0) is 14.3 Å². The molecule has 1 amide bonds. The highest BCUT2D eigenvalue weighted by Crippen LogP contribution is 2.45. The first kappa shape index (κ1) is 15.7. The van der Waals surface area contributed by atoms with E-state index in [9.17, 15) is 9.18 Å². The van der Waals surface area contributed by atoms with Crippen LogP contribution in [0.5, 0.6) is 0 Å². The molecule has 2 rings (SSSR count). The van der Waals surface area contributed by atoms with Gasteiger partial charge in [-0.25, -0.2) is 4.39 Å². The van der Waals surface area contributed by atoms with Crippen molar-refractivity contribution >= 4 is 11.6 Å². The van der Waals surface area contributed by atoms with Gasteiger partial charge in [0.05, 0.1) is 11.2 Å². The number of hydrogen-bond acceptors (Lipinski definition) is 3. The van der Waals surface area contributed by atoms with Crippen molar-refractivity contribution in [2.45, 2.75) is 45.2 Å². The molecule has 1 heterocycles. The number of benzene rings is 1. The van der Waals surface area contributed by atoms with Crippen molar-refractivity contribution in [3.05, 3.63) is 42.2 Å². The highest BCUT2D eigenvalue weighted by Gasteiger charge is 2.50. The molecule has 1 fully saturated rings. The van der Waals surface area contributed by atoms with Crippen LogP contribution < -0.4 is 5.32 Å². The van der Waals surface area contributed by atoms with Crippen LogP contribution in [0.3, 0.4) is 0 Å². The Morgan fingerprint density at radius 1 is 1.29 bits per heavy atom. The number of halogens is 1. The van der Waals surface area contributed by atoms with Crippen molar-refractivity contribution in [1.82, 2.24) is 0 Å². The van der Waals surface area contributed by atoms with Crippen LogP contribution in [0.2, 0.25) is 0 Å². The zero-order chi connectivity index (χ0) is 15.8. The second-order valence-corrected chi connectivity index (χ2v) is 6.02. The standard InChI is InChI=1S/C16H20FNO3/c1-6-13(19)18-10-7-8-11(12(17)9-10)14-20-15(2,3)16(4,5)21-14/h6-9,14H,1H2,2-5H3,(H,18,19). The number of ether oxygens (including phenoxy) is 2. The number of nitrogens with one attached hydrogen (secondary N) is 1. The maximum atomic E-state index is 14.2. The van der Waals surface area contributed by atoms with Gasteiger partial charge in [0, 0.05) is 11.3 Å². The van der Waals surface area contributed by atoms with Crippen LogP contribution in [0.1, 0.15) is 39.5 Å². The fraction of sp³-hybridized carbons (Fsp3) is 0.438. The van der Waals surface area contributed by atoms with Gasteiger partial charge in [0.2, 0.25) is 5.91 Å². The summed E-state index contributed by atoms with van der Waals surface area (Å²) >= 11 is 0. The molecule has 1 N–H and O–H groups in total. The molecule has 1 saturated heterocycles. The lowest BCUT2D eigenvalue weighted by Crippen LogP contribution is -2.41. The Kier molecular flexibility index (Phi) is 3.91. The first-order chi connectivity index (χ1) is 9.66. The summed E-state index contributed by atoms with van der Waals surface area (Å²) in [4.78, 5) is 11.2. The van der Waals surface area contributed by atoms with E-state index < -0.39 is 29.2 Å². The lowest BCUT2D eigenvalue weighted by atomic mass is 9.90. The van der Waals surface area contributed by atoms with Crippen molar-refractivity contribution in [1.29, 1.82) is 0 Å². The quantitative estimate of drug-likeness (QED) is 0.867. The van der Waals surface area contributed by atoms with Gasteiger partial charge in [-0.05, 0) is 52.0 Å². The van der Waals surface area contributed by atoms with E-state index in [0.717, 1.165) is 6.08 Å². The summed E-state index contributed by atoms with van der Waals surface area (Å²) in [7, 11) is 0. The second-order valence-electron chi connectivity index (χ2n) is 6.02. The molecule has 0 aliphatic carbocycles. The Hall–Kier alpha value is -1.72. The molecule has 1 aromatic carbocycles. The van der Waals surface area contributed by atoms with E-state index >= 15 is 0 Å². The highest BCUT2D eigenvalue weighted by atomic mass is 19.1. The van der Waals surface area contributed by atoms with Crippen LogP contribution in [0.4, 0.5) is 10.1 Å². The number of rotatable bonds is 3. The van der Waals surface area contributed by atoms with E-state index in [2.05, 4.69) is 11.9 Å². The van der Waals surface area contributed by atoms with E-state index in [4.69, 9.17) is 9.47 Å². The van der Waals surface area contributed by atoms with Gasteiger partial charge in [-0.3, -0.25) is 4.79 Å². The smallest absolute Gasteiger partial charge is 0.247 e. The van der Waals surface area contributed by atoms with Gasteiger partial charge in [0.25, 0.3) is 0 Å². The minimum atomic E-state index is -0.765. The third-order valence-electron chi connectivity index (χ3n) is 3.96. The molecule has 0 radical (unpaired) electrons. The topological polar surface area (TPSA) is 47.6 Å². The molecule has 0 atom stereocenters. The zero-order valence-corrected chi connectivity index (χ0v) is 12.7. The predicted octanol–water partition coefficient (Wildman–Crippen LogP) is 3.55. The van der Waals surface area contributed by atoms with Gasteiger partial charge in [-0.2, -0.15) is 0 Å². The fourth-order valence-corrected chi connectivity index (χ4v) is 1.96. The number of anilines is 1. The fourth-order valence-electron chi connectivity index (χ4n) is 1.96. The van der Waals surface area contributed by atoms with E-state index in [1.807, 2.05) is 27.7 Å². The van der Waals surface area contributed by atoms with Gasteiger partial charge in [-0.1, -0.05) is 6.58 Å². The summed E-state index contributed by atoms with van der Waals surface area (Å²) in [6.45, 7) is 11.0. The Balaban J connectivity index is 2.23. The van der Waals surface area contributed by atoms with E-state index in [-0.39, 0.29) is 0 Å². The Labute approximate surface area is 123 Å². The van der Waals surface area contributed by atoms with Crippen molar-refractivity contribution in [2.24, 2.45) is 0 Å². The largest absolute Gasteiger partial charge is 0.339 e. The molecule has 5 heteroatoms. The second kappa shape index (κ2) is 5.24. The SMILES string of the molecule is C=CC(=O)Nc1ccc(C2OC(C)(C)C(C)(C)O2)c(F)c1. The Morgan fingerprint density at radius 2 is 1.86 bits per heavy atom. The summed E-state index contributed by atoms with van der Waals surface area (Å²) < 4.78 is 25.8. The monoisotopic (exact) mass is 293 g/mol. The molecular formula is C16H20FNO3. The van der Waals surface area contributed by atoms with Gasteiger partial charge in [-0.15, -0.1) is 0 Å². The van der Waals surface area contributed by atoms with Crippen molar-refractivity contribution in [2.75, 3.05) is 5.32 Å². The molecule has 1 aliphatic rings. The number of hydrogen-bond donors (Lipinski definition) is 1. The summed E-state index contributed by atoms with van der Waals surface area (Å²) in [5.41, 5.74) is -0.387. The van der Waals surface area contributed by atoms with Gasteiger partial charge < -0.3 is 14.8 Å². The molecule has 1 aromatic rings. The third kappa shape index (κ3) is 2.99. The zero-order valence-electron chi connectivity index (χ0n) is 12.7. The highest BCUT2D eigenvalue weighted by molar-refractivity contribution is 5.98. The lowest BCUT2D eigenvalue weighted by Gasteiger charge is -2.30. The van der Waals surface area contributed by atoms with E-state index in [1.165, 1.54) is 6.07 Å². The maximum absolute atomic E-state index is 14.2. The molecule has 114 valence electrons. The van der Waals surface area contributed by atoms with Crippen molar-refractivity contribution < 1.29 is 18.7 Å². The number of amides is 1. The molecule has 0 saturated carbocycles. The first-order valence-electron chi connectivity index (χ1n) is 6.75. The molecule has 4 nitrogen and oxygen atoms in total. The summed E-state index contributed by atoms with van der Waals surface area (Å²) in [6, 6.07) is 4.39. The molecular weight excluding hydrogens is 273 g/mol. The normalized spacial score (nSPS) is 20.2. The van der Waals surface area contributed by atoms with Gasteiger partial charge in [0.15, 0.2) is 6.29 Å². The van der Waals surface area contributed by atoms with Gasteiger partial charge >= 0.3 is 0 Å². The Bertz CT molecular complexity index is 565. The van der Waals surface area contributed by atoms with Crippen LogP contribution in [0.25, 0.3) is 0 Å². The lowest BCUT2D eigenvalue weighted by molar-refractivity contribution is -0.111. The molecule has 0 aromatic heterocycles. The van der Waals surface area contributed by atoms with Crippen LogP contribution in [0.15, 0.2) is 30.9 Å². The Morgan fingerprint density at radius 3 is 2.33 bits per heavy atom. The van der Waals surface area contributed by atoms with Crippen LogP contribution in [0, 0.1) is 5.82 Å². The average molecular weight is 293 g/mol. The van der Waals surface area contributed by atoms with Crippen LogP contribution in [-0.4, -0.2) is 17.1 Å². The van der Waals surface area contributed by atoms with E-state index in [1.54, 1.807) is 12.1 Å². The van der Waals surface area contributed by atoms with Crippen molar-refractivity contribution in [3.8, 4) is 0 Å². The molecule has 0 spiro atoms. The molecule has 1 aliphatic heterocycles. The minimum absolute atomic E-state index is 0.310. The number of carbonyl (C=O) groups excluding carboxylic acids is 1. The van der Waals surface area contributed by atoms with Gasteiger partial charge in [0.1, 0.15) is 5.82 Å². The molecule has 21 heavy (non-hydrogen) atoms. The van der Waals surface area contributed by atoms with Crippen LogP contribution >= 0.6 is 0 Å². The maximum Gasteiger partial charge on any atom is 0.247 e. The predicted molar refractivity (Wildman–Crippen MR) is 78.3 cm³/mol. The van der Waals surface area contributed by atoms with E-state index in [0.29, 0.717) is 11.3 Å². The summed E-state index contributed by atoms with van der Waals surface area (Å²) in [5.74, 6) is -0.881. The number of carbonyl (C=O) groups is 1. The summed E-state index contributed by atoms with van der Waals surface area (Å²) in [6.07, 6.45) is 0.360. The summed E-state index contributed by atoms with van der Waals surface area (Å²) in [5, 5.41) is 2.50.